The molecule has 0 unspecified atom stereocenters. The standard InChI is InChI=1S/C16H18ClN3O3S/c1-12-14(17)6-3-7-15(12)19-16(21)11-20(24(2,22)23)10-13-5-4-8-18-9-13/h3-9H,10-11H2,1-2H3,(H,19,21). The Hall–Kier alpha value is -1.96. The van der Waals surface area contributed by atoms with E-state index in [1.54, 1.807) is 49.6 Å². The van der Waals surface area contributed by atoms with Crippen LogP contribution in [0.3, 0.4) is 0 Å². The minimum atomic E-state index is -3.55. The molecule has 0 spiro atoms. The lowest BCUT2D eigenvalue weighted by molar-refractivity contribution is -0.116. The highest BCUT2D eigenvalue weighted by molar-refractivity contribution is 7.88. The molecule has 0 saturated carbocycles. The van der Waals surface area contributed by atoms with Crippen LogP contribution in [0.1, 0.15) is 11.1 Å². The molecule has 0 fully saturated rings. The fourth-order valence-corrected chi connectivity index (χ4v) is 2.99. The maximum Gasteiger partial charge on any atom is 0.239 e. The van der Waals surface area contributed by atoms with E-state index < -0.39 is 15.9 Å². The van der Waals surface area contributed by atoms with Gasteiger partial charge in [-0.1, -0.05) is 23.7 Å². The van der Waals surface area contributed by atoms with Crippen LogP contribution in [0.4, 0.5) is 5.69 Å². The van der Waals surface area contributed by atoms with Gasteiger partial charge in [0.05, 0.1) is 12.8 Å². The van der Waals surface area contributed by atoms with E-state index >= 15 is 0 Å². The number of benzene rings is 1. The quantitative estimate of drug-likeness (QED) is 0.850. The van der Waals surface area contributed by atoms with Crippen molar-refractivity contribution in [2.75, 3.05) is 18.1 Å². The molecule has 1 aromatic carbocycles. The van der Waals surface area contributed by atoms with Crippen molar-refractivity contribution in [2.45, 2.75) is 13.5 Å². The van der Waals surface area contributed by atoms with Crippen molar-refractivity contribution in [3.8, 4) is 0 Å². The van der Waals surface area contributed by atoms with Crippen LogP contribution in [-0.2, 0) is 21.4 Å². The molecule has 24 heavy (non-hydrogen) atoms. The van der Waals surface area contributed by atoms with Gasteiger partial charge in [0.1, 0.15) is 0 Å². The van der Waals surface area contributed by atoms with Crippen molar-refractivity contribution >= 4 is 33.2 Å². The monoisotopic (exact) mass is 367 g/mol. The summed E-state index contributed by atoms with van der Waals surface area (Å²) in [6.07, 6.45) is 4.24. The van der Waals surface area contributed by atoms with Gasteiger partial charge in [0.25, 0.3) is 0 Å². The maximum atomic E-state index is 12.2. The zero-order chi connectivity index (χ0) is 17.7. The second-order valence-electron chi connectivity index (χ2n) is 5.35. The zero-order valence-electron chi connectivity index (χ0n) is 13.4. The van der Waals surface area contributed by atoms with Gasteiger partial charge < -0.3 is 5.32 Å². The van der Waals surface area contributed by atoms with Crippen molar-refractivity contribution < 1.29 is 13.2 Å². The highest BCUT2D eigenvalue weighted by Crippen LogP contribution is 2.23. The van der Waals surface area contributed by atoms with Gasteiger partial charge in [-0.3, -0.25) is 9.78 Å². The summed E-state index contributed by atoms with van der Waals surface area (Å²) in [6.45, 7) is 1.57. The van der Waals surface area contributed by atoms with E-state index in [1.807, 2.05) is 0 Å². The molecule has 1 aromatic heterocycles. The Balaban J connectivity index is 2.12. The van der Waals surface area contributed by atoms with E-state index in [9.17, 15) is 13.2 Å². The summed E-state index contributed by atoms with van der Waals surface area (Å²) in [5.41, 5.74) is 1.99. The Morgan fingerprint density at radius 3 is 2.67 bits per heavy atom. The van der Waals surface area contributed by atoms with Crippen LogP contribution in [0.15, 0.2) is 42.7 Å². The zero-order valence-corrected chi connectivity index (χ0v) is 14.9. The Kier molecular flexibility index (Phi) is 5.93. The predicted octanol–water partition coefficient (Wildman–Crippen LogP) is 2.44. The summed E-state index contributed by atoms with van der Waals surface area (Å²) in [6, 6.07) is 8.62. The van der Waals surface area contributed by atoms with Crippen molar-refractivity contribution in [1.29, 1.82) is 0 Å². The second kappa shape index (κ2) is 7.74. The first-order valence-electron chi connectivity index (χ1n) is 7.16. The third-order valence-electron chi connectivity index (χ3n) is 3.41. The maximum absolute atomic E-state index is 12.2. The Bertz CT molecular complexity index is 826. The van der Waals surface area contributed by atoms with Crippen LogP contribution in [0.2, 0.25) is 5.02 Å². The molecule has 1 heterocycles. The lowest BCUT2D eigenvalue weighted by atomic mass is 10.2. The third-order valence-corrected chi connectivity index (χ3v) is 5.02. The largest absolute Gasteiger partial charge is 0.325 e. The van der Waals surface area contributed by atoms with E-state index in [0.717, 1.165) is 16.1 Å². The van der Waals surface area contributed by atoms with E-state index in [1.165, 1.54) is 0 Å². The van der Waals surface area contributed by atoms with Crippen molar-refractivity contribution in [3.63, 3.8) is 0 Å². The van der Waals surface area contributed by atoms with Crippen LogP contribution < -0.4 is 5.32 Å². The fourth-order valence-electron chi connectivity index (χ4n) is 2.08. The van der Waals surface area contributed by atoms with E-state index in [4.69, 9.17) is 11.6 Å². The number of hydrogen-bond acceptors (Lipinski definition) is 4. The highest BCUT2D eigenvalue weighted by Gasteiger charge is 2.21. The molecule has 128 valence electrons. The molecule has 0 aliphatic heterocycles. The van der Waals surface area contributed by atoms with E-state index in [-0.39, 0.29) is 13.1 Å². The number of pyridine rings is 1. The lowest BCUT2D eigenvalue weighted by Gasteiger charge is -2.20. The first-order valence-corrected chi connectivity index (χ1v) is 9.39. The Labute approximate surface area is 146 Å². The van der Waals surface area contributed by atoms with Gasteiger partial charge in [-0.05, 0) is 36.2 Å². The molecule has 0 aliphatic rings. The van der Waals surface area contributed by atoms with E-state index in [0.29, 0.717) is 16.3 Å². The number of hydrogen-bond donors (Lipinski definition) is 1. The van der Waals surface area contributed by atoms with Crippen LogP contribution >= 0.6 is 11.6 Å². The smallest absolute Gasteiger partial charge is 0.239 e. The summed E-state index contributed by atoms with van der Waals surface area (Å²) < 4.78 is 25.0. The average Bonchev–Trinajstić information content (AvgIpc) is 2.51. The molecule has 0 radical (unpaired) electrons. The number of nitrogens with zero attached hydrogens (tertiary/aromatic N) is 2. The van der Waals surface area contributed by atoms with Gasteiger partial charge in [-0.25, -0.2) is 8.42 Å². The van der Waals surface area contributed by atoms with Crippen LogP contribution in [0.5, 0.6) is 0 Å². The molecule has 0 bridgehead atoms. The summed E-state index contributed by atoms with van der Waals surface area (Å²) in [5, 5.41) is 3.22. The summed E-state index contributed by atoms with van der Waals surface area (Å²) in [4.78, 5) is 16.2. The average molecular weight is 368 g/mol. The minimum Gasteiger partial charge on any atom is -0.325 e. The minimum absolute atomic E-state index is 0.0780. The van der Waals surface area contributed by atoms with Gasteiger partial charge in [0.15, 0.2) is 0 Å². The van der Waals surface area contributed by atoms with Crippen LogP contribution in [-0.4, -0.2) is 36.4 Å². The Morgan fingerprint density at radius 1 is 1.29 bits per heavy atom. The molecule has 1 N–H and O–H groups in total. The molecule has 0 saturated heterocycles. The first kappa shape index (κ1) is 18.4. The Morgan fingerprint density at radius 2 is 2.04 bits per heavy atom. The van der Waals surface area contributed by atoms with Gasteiger partial charge in [-0.15, -0.1) is 0 Å². The number of carbonyl (C=O) groups is 1. The highest BCUT2D eigenvalue weighted by atomic mass is 35.5. The number of sulfonamides is 1. The van der Waals surface area contributed by atoms with E-state index in [2.05, 4.69) is 10.3 Å². The lowest BCUT2D eigenvalue weighted by Crippen LogP contribution is -2.37. The van der Waals surface area contributed by atoms with Gasteiger partial charge in [0.2, 0.25) is 15.9 Å². The third kappa shape index (κ3) is 5.02. The molecule has 2 aromatic rings. The van der Waals surface area contributed by atoms with Gasteiger partial charge in [0, 0.05) is 29.6 Å². The molecule has 0 atom stereocenters. The van der Waals surface area contributed by atoms with Crippen molar-refractivity contribution in [1.82, 2.24) is 9.29 Å². The summed E-state index contributed by atoms with van der Waals surface area (Å²) in [5.74, 6) is -0.435. The second-order valence-corrected chi connectivity index (χ2v) is 7.74. The van der Waals surface area contributed by atoms with Crippen molar-refractivity contribution in [3.05, 3.63) is 58.9 Å². The number of halogens is 1. The number of aromatic nitrogens is 1. The topological polar surface area (TPSA) is 79.4 Å². The fraction of sp³-hybridized carbons (Fsp3) is 0.250. The van der Waals surface area contributed by atoms with Crippen molar-refractivity contribution in [2.24, 2.45) is 0 Å². The SMILES string of the molecule is Cc1c(Cl)cccc1NC(=O)CN(Cc1cccnc1)S(C)(=O)=O. The first-order chi connectivity index (χ1) is 11.3. The normalized spacial score (nSPS) is 11.5. The number of anilines is 1. The van der Waals surface area contributed by atoms with Crippen LogP contribution in [0.25, 0.3) is 0 Å². The van der Waals surface area contributed by atoms with Gasteiger partial charge in [-0.2, -0.15) is 4.31 Å². The molecular weight excluding hydrogens is 350 g/mol. The summed E-state index contributed by atoms with van der Waals surface area (Å²) in [7, 11) is -3.55. The predicted molar refractivity (Wildman–Crippen MR) is 94.3 cm³/mol. The number of nitrogens with one attached hydrogen (secondary N) is 1. The number of amides is 1. The molecule has 2 rings (SSSR count). The molecule has 8 heteroatoms. The molecular formula is C16H18ClN3O3S. The number of rotatable bonds is 6. The molecule has 6 nitrogen and oxygen atoms in total. The van der Waals surface area contributed by atoms with Crippen LogP contribution in [0, 0.1) is 6.92 Å². The molecule has 1 amide bonds. The molecule has 0 aliphatic carbocycles. The van der Waals surface area contributed by atoms with Gasteiger partial charge >= 0.3 is 0 Å². The summed E-state index contributed by atoms with van der Waals surface area (Å²) >= 11 is 6.02. The number of carbonyl (C=O) groups excluding carboxylic acids is 1.